The van der Waals surface area contributed by atoms with Crippen molar-refractivity contribution in [1.82, 2.24) is 0 Å². The fraction of sp³-hybridized carbons (Fsp3) is 0.176. The summed E-state index contributed by atoms with van der Waals surface area (Å²) in [6.45, 7) is 0. The van der Waals surface area contributed by atoms with E-state index >= 15 is 0 Å². The fourth-order valence-electron chi connectivity index (χ4n) is 2.05. The van der Waals surface area contributed by atoms with Crippen molar-refractivity contribution in [2.75, 3.05) is 11.9 Å². The Morgan fingerprint density at radius 1 is 0.905 bits per heavy atom. The van der Waals surface area contributed by atoms with Gasteiger partial charge in [-0.25, -0.2) is 0 Å². The number of rotatable bonds is 5. The SMILES string of the molecule is CN(C(=O)Cc1ccccc1)c1ccc(CC(=O)O)cc1. The number of hydrogen-bond acceptors (Lipinski definition) is 2. The Morgan fingerprint density at radius 2 is 1.48 bits per heavy atom. The predicted molar refractivity (Wildman–Crippen MR) is 81.3 cm³/mol. The molecule has 1 amide bonds. The number of aliphatic carboxylic acids is 1. The van der Waals surface area contributed by atoms with Crippen LogP contribution in [-0.2, 0) is 22.4 Å². The Bertz CT molecular complexity index is 620. The molecule has 0 aromatic heterocycles. The second-order valence-corrected chi connectivity index (χ2v) is 4.85. The lowest BCUT2D eigenvalue weighted by Gasteiger charge is -2.17. The van der Waals surface area contributed by atoms with Crippen molar-refractivity contribution in [3.8, 4) is 0 Å². The molecule has 108 valence electrons. The van der Waals surface area contributed by atoms with E-state index in [9.17, 15) is 9.59 Å². The third kappa shape index (κ3) is 4.18. The van der Waals surface area contributed by atoms with Gasteiger partial charge >= 0.3 is 5.97 Å². The highest BCUT2D eigenvalue weighted by atomic mass is 16.4. The minimum absolute atomic E-state index is 0.00724. The van der Waals surface area contributed by atoms with Gasteiger partial charge in [0.2, 0.25) is 5.91 Å². The first-order valence-electron chi connectivity index (χ1n) is 6.67. The fourth-order valence-corrected chi connectivity index (χ4v) is 2.05. The number of carboxylic acid groups (broad SMARTS) is 1. The number of benzene rings is 2. The summed E-state index contributed by atoms with van der Waals surface area (Å²) in [6, 6.07) is 16.6. The maximum Gasteiger partial charge on any atom is 0.307 e. The van der Waals surface area contributed by atoms with E-state index in [2.05, 4.69) is 0 Å². The topological polar surface area (TPSA) is 57.6 Å². The second kappa shape index (κ2) is 6.70. The van der Waals surface area contributed by atoms with Crippen molar-refractivity contribution in [2.24, 2.45) is 0 Å². The third-order valence-electron chi connectivity index (χ3n) is 3.25. The molecule has 0 aliphatic carbocycles. The van der Waals surface area contributed by atoms with E-state index in [-0.39, 0.29) is 12.3 Å². The van der Waals surface area contributed by atoms with E-state index < -0.39 is 5.97 Å². The van der Waals surface area contributed by atoms with Crippen LogP contribution in [0.3, 0.4) is 0 Å². The van der Waals surface area contributed by atoms with Gasteiger partial charge in [0.25, 0.3) is 0 Å². The van der Waals surface area contributed by atoms with Crippen LogP contribution in [-0.4, -0.2) is 24.0 Å². The normalized spacial score (nSPS) is 10.1. The van der Waals surface area contributed by atoms with Gasteiger partial charge in [-0.15, -0.1) is 0 Å². The van der Waals surface area contributed by atoms with Gasteiger partial charge in [0, 0.05) is 12.7 Å². The summed E-state index contributed by atoms with van der Waals surface area (Å²) >= 11 is 0. The summed E-state index contributed by atoms with van der Waals surface area (Å²) < 4.78 is 0. The Labute approximate surface area is 123 Å². The van der Waals surface area contributed by atoms with Crippen LogP contribution in [0, 0.1) is 0 Å². The van der Waals surface area contributed by atoms with Gasteiger partial charge in [0.1, 0.15) is 0 Å². The van der Waals surface area contributed by atoms with Crippen molar-refractivity contribution in [2.45, 2.75) is 12.8 Å². The molecule has 0 aliphatic rings. The number of likely N-dealkylation sites (N-methyl/N-ethyl adjacent to an activating group) is 1. The van der Waals surface area contributed by atoms with Crippen LogP contribution >= 0.6 is 0 Å². The molecule has 0 heterocycles. The number of amides is 1. The number of hydrogen-bond donors (Lipinski definition) is 1. The standard InChI is InChI=1S/C17H17NO3/c1-18(16(19)11-13-5-3-2-4-6-13)15-9-7-14(8-10-15)12-17(20)21/h2-10H,11-12H2,1H3,(H,20,21). The summed E-state index contributed by atoms with van der Waals surface area (Å²) in [5.74, 6) is -0.872. The zero-order chi connectivity index (χ0) is 15.2. The van der Waals surface area contributed by atoms with E-state index in [0.717, 1.165) is 16.8 Å². The van der Waals surface area contributed by atoms with Crippen LogP contribution < -0.4 is 4.90 Å². The van der Waals surface area contributed by atoms with E-state index in [1.807, 2.05) is 30.3 Å². The lowest BCUT2D eigenvalue weighted by atomic mass is 10.1. The van der Waals surface area contributed by atoms with Crippen LogP contribution in [0.25, 0.3) is 0 Å². The van der Waals surface area contributed by atoms with Gasteiger partial charge in [0.05, 0.1) is 12.8 Å². The smallest absolute Gasteiger partial charge is 0.307 e. The molecular formula is C17H17NO3. The molecule has 1 N–H and O–H groups in total. The van der Waals surface area contributed by atoms with Gasteiger partial charge in [-0.1, -0.05) is 42.5 Å². The zero-order valence-electron chi connectivity index (χ0n) is 11.8. The van der Waals surface area contributed by atoms with E-state index in [0.29, 0.717) is 6.42 Å². The molecule has 4 nitrogen and oxygen atoms in total. The highest BCUT2D eigenvalue weighted by Crippen LogP contribution is 2.15. The number of carboxylic acids is 1. The molecule has 4 heteroatoms. The molecule has 0 saturated carbocycles. The van der Waals surface area contributed by atoms with Crippen LogP contribution in [0.4, 0.5) is 5.69 Å². The Morgan fingerprint density at radius 3 is 2.05 bits per heavy atom. The van der Waals surface area contributed by atoms with E-state index in [1.54, 1.807) is 36.2 Å². The van der Waals surface area contributed by atoms with Crippen molar-refractivity contribution in [3.05, 3.63) is 65.7 Å². The number of nitrogens with zero attached hydrogens (tertiary/aromatic N) is 1. The van der Waals surface area contributed by atoms with Crippen molar-refractivity contribution >= 4 is 17.6 Å². The van der Waals surface area contributed by atoms with E-state index in [4.69, 9.17) is 5.11 Å². The summed E-state index contributed by atoms with van der Waals surface area (Å²) in [7, 11) is 1.72. The third-order valence-corrected chi connectivity index (χ3v) is 3.25. The molecule has 0 fully saturated rings. The Balaban J connectivity index is 2.03. The molecule has 2 aromatic carbocycles. The molecular weight excluding hydrogens is 266 g/mol. The van der Waals surface area contributed by atoms with Crippen LogP contribution in [0.15, 0.2) is 54.6 Å². The molecule has 0 aliphatic heterocycles. The number of anilines is 1. The van der Waals surface area contributed by atoms with E-state index in [1.165, 1.54) is 0 Å². The largest absolute Gasteiger partial charge is 0.481 e. The lowest BCUT2D eigenvalue weighted by molar-refractivity contribution is -0.136. The molecule has 0 spiro atoms. The maximum atomic E-state index is 12.2. The van der Waals surface area contributed by atoms with Crippen LogP contribution in [0.1, 0.15) is 11.1 Å². The maximum absolute atomic E-state index is 12.2. The summed E-state index contributed by atoms with van der Waals surface area (Å²) in [6.07, 6.45) is 0.330. The van der Waals surface area contributed by atoms with Gasteiger partial charge in [0.15, 0.2) is 0 Å². The first-order valence-corrected chi connectivity index (χ1v) is 6.67. The monoisotopic (exact) mass is 283 g/mol. The molecule has 2 aromatic rings. The van der Waals surface area contributed by atoms with Gasteiger partial charge in [-0.05, 0) is 23.3 Å². The summed E-state index contributed by atoms with van der Waals surface area (Å²) in [5, 5.41) is 8.73. The van der Waals surface area contributed by atoms with Gasteiger partial charge < -0.3 is 10.0 Å². The Hall–Kier alpha value is -2.62. The first-order chi connectivity index (χ1) is 10.1. The predicted octanol–water partition coefficient (Wildman–Crippen LogP) is 2.52. The van der Waals surface area contributed by atoms with Crippen LogP contribution in [0.2, 0.25) is 0 Å². The average molecular weight is 283 g/mol. The molecule has 0 saturated heterocycles. The molecule has 21 heavy (non-hydrogen) atoms. The minimum Gasteiger partial charge on any atom is -0.481 e. The molecule has 2 rings (SSSR count). The molecule has 0 bridgehead atoms. The van der Waals surface area contributed by atoms with Crippen LogP contribution in [0.5, 0.6) is 0 Å². The van der Waals surface area contributed by atoms with Gasteiger partial charge in [-0.2, -0.15) is 0 Å². The number of carbonyl (C=O) groups excluding carboxylic acids is 1. The quantitative estimate of drug-likeness (QED) is 0.917. The average Bonchev–Trinajstić information content (AvgIpc) is 2.47. The van der Waals surface area contributed by atoms with Crippen molar-refractivity contribution in [1.29, 1.82) is 0 Å². The minimum atomic E-state index is -0.865. The lowest BCUT2D eigenvalue weighted by Crippen LogP contribution is -2.27. The van der Waals surface area contributed by atoms with Crippen molar-refractivity contribution in [3.63, 3.8) is 0 Å². The second-order valence-electron chi connectivity index (χ2n) is 4.85. The Kier molecular flexibility index (Phi) is 4.72. The molecule has 0 atom stereocenters. The van der Waals surface area contributed by atoms with Gasteiger partial charge in [-0.3, -0.25) is 9.59 Å². The molecule has 0 unspecified atom stereocenters. The highest BCUT2D eigenvalue weighted by Gasteiger charge is 2.11. The van der Waals surface area contributed by atoms with Crippen molar-refractivity contribution < 1.29 is 14.7 Å². The summed E-state index contributed by atoms with van der Waals surface area (Å²) in [4.78, 5) is 24.4. The molecule has 0 radical (unpaired) electrons. The summed E-state index contributed by atoms with van der Waals surface area (Å²) in [5.41, 5.74) is 2.44. The number of carbonyl (C=O) groups is 2. The highest BCUT2D eigenvalue weighted by molar-refractivity contribution is 5.94. The zero-order valence-corrected chi connectivity index (χ0v) is 11.8. The first kappa shape index (κ1) is 14.8.